The summed E-state index contributed by atoms with van der Waals surface area (Å²) in [6.07, 6.45) is 1.68. The molecule has 0 aliphatic carbocycles. The number of thioether (sulfide) groups is 1. The SMILES string of the molecule is CCOC(=O)c1c(SC)c(C#N)c(-c2ccc(Br)cc2)oc1=O. The Morgan fingerprint density at radius 3 is 2.57 bits per heavy atom. The van der Waals surface area contributed by atoms with Crippen molar-refractivity contribution < 1.29 is 13.9 Å². The third-order valence-electron chi connectivity index (χ3n) is 2.98. The lowest BCUT2D eigenvalue weighted by Gasteiger charge is -2.10. The fraction of sp³-hybridized carbons (Fsp3) is 0.188. The van der Waals surface area contributed by atoms with Crippen LogP contribution in [0, 0.1) is 11.3 Å². The Balaban J connectivity index is 2.75. The van der Waals surface area contributed by atoms with E-state index >= 15 is 0 Å². The molecule has 2 aromatic rings. The Labute approximate surface area is 145 Å². The van der Waals surface area contributed by atoms with Gasteiger partial charge in [0.2, 0.25) is 0 Å². The number of halogens is 1. The van der Waals surface area contributed by atoms with Gasteiger partial charge in [-0.1, -0.05) is 28.1 Å². The summed E-state index contributed by atoms with van der Waals surface area (Å²) in [5.41, 5.74) is -0.337. The van der Waals surface area contributed by atoms with E-state index in [1.54, 1.807) is 37.4 Å². The molecule has 0 saturated carbocycles. The van der Waals surface area contributed by atoms with Gasteiger partial charge in [-0.15, -0.1) is 11.8 Å². The van der Waals surface area contributed by atoms with E-state index in [-0.39, 0.29) is 28.4 Å². The van der Waals surface area contributed by atoms with Gasteiger partial charge in [-0.05, 0) is 25.3 Å². The molecule has 0 amide bonds. The Hall–Kier alpha value is -2.04. The van der Waals surface area contributed by atoms with Crippen LogP contribution < -0.4 is 5.63 Å². The second-order valence-corrected chi connectivity index (χ2v) is 6.07. The first-order valence-electron chi connectivity index (χ1n) is 6.61. The molecule has 0 bridgehead atoms. The van der Waals surface area contributed by atoms with Gasteiger partial charge in [-0.3, -0.25) is 0 Å². The Bertz CT molecular complexity index is 837. The predicted molar refractivity (Wildman–Crippen MR) is 90.6 cm³/mol. The van der Waals surface area contributed by atoms with Gasteiger partial charge in [0, 0.05) is 10.0 Å². The summed E-state index contributed by atoms with van der Waals surface area (Å²) in [5.74, 6) is -0.646. The Kier molecular flexibility index (Phi) is 5.64. The van der Waals surface area contributed by atoms with E-state index in [0.29, 0.717) is 5.56 Å². The first kappa shape index (κ1) is 17.3. The van der Waals surface area contributed by atoms with Gasteiger partial charge in [-0.25, -0.2) is 9.59 Å². The lowest BCUT2D eigenvalue weighted by molar-refractivity contribution is 0.0516. The molecule has 2 rings (SSSR count). The maximum Gasteiger partial charge on any atom is 0.352 e. The molecule has 1 aromatic heterocycles. The van der Waals surface area contributed by atoms with E-state index in [9.17, 15) is 14.9 Å². The van der Waals surface area contributed by atoms with Crippen molar-refractivity contribution in [3.05, 3.63) is 50.3 Å². The normalized spacial score (nSPS) is 10.2. The molecule has 0 aliphatic rings. The standard InChI is InChI=1S/C16H12BrNO4S/c1-3-21-15(19)12-14(23-2)11(8-18)13(22-16(12)20)9-4-6-10(17)7-5-9/h4-7H,3H2,1-2H3. The number of carbonyl (C=O) groups excluding carboxylic acids is 1. The molecule has 1 heterocycles. The van der Waals surface area contributed by atoms with Gasteiger partial charge in [-0.2, -0.15) is 5.26 Å². The van der Waals surface area contributed by atoms with Gasteiger partial charge in [0.15, 0.2) is 11.3 Å². The zero-order valence-electron chi connectivity index (χ0n) is 12.4. The molecule has 5 nitrogen and oxygen atoms in total. The van der Waals surface area contributed by atoms with E-state index in [2.05, 4.69) is 15.9 Å². The average Bonchev–Trinajstić information content (AvgIpc) is 2.54. The number of benzene rings is 1. The van der Waals surface area contributed by atoms with Crippen LogP contribution in [0.5, 0.6) is 0 Å². The summed E-state index contributed by atoms with van der Waals surface area (Å²) in [6, 6.07) is 9.00. The first-order valence-corrected chi connectivity index (χ1v) is 8.63. The number of nitriles is 1. The van der Waals surface area contributed by atoms with Gasteiger partial charge < -0.3 is 9.15 Å². The van der Waals surface area contributed by atoms with Crippen molar-refractivity contribution in [3.63, 3.8) is 0 Å². The average molecular weight is 394 g/mol. The van der Waals surface area contributed by atoms with Crippen LogP contribution >= 0.6 is 27.7 Å². The minimum Gasteiger partial charge on any atom is -0.462 e. The molecule has 0 atom stereocenters. The smallest absolute Gasteiger partial charge is 0.352 e. The van der Waals surface area contributed by atoms with Crippen molar-refractivity contribution in [1.29, 1.82) is 5.26 Å². The topological polar surface area (TPSA) is 80.3 Å². The quantitative estimate of drug-likeness (QED) is 0.579. The summed E-state index contributed by atoms with van der Waals surface area (Å²) in [7, 11) is 0. The van der Waals surface area contributed by atoms with Gasteiger partial charge in [0.25, 0.3) is 0 Å². The molecular formula is C16H12BrNO4S. The Morgan fingerprint density at radius 2 is 2.04 bits per heavy atom. The lowest BCUT2D eigenvalue weighted by atomic mass is 10.1. The minimum atomic E-state index is -0.815. The van der Waals surface area contributed by atoms with Crippen molar-refractivity contribution in [2.45, 2.75) is 11.8 Å². The highest BCUT2D eigenvalue weighted by Crippen LogP contribution is 2.32. The van der Waals surface area contributed by atoms with Gasteiger partial charge in [0.05, 0.1) is 11.5 Å². The van der Waals surface area contributed by atoms with Crippen LogP contribution in [0.15, 0.2) is 42.8 Å². The molecule has 0 saturated heterocycles. The predicted octanol–water partition coefficient (Wildman–Crippen LogP) is 3.84. The molecule has 0 aliphatic heterocycles. The number of ether oxygens (including phenoxy) is 1. The molecular weight excluding hydrogens is 382 g/mol. The number of rotatable bonds is 4. The highest BCUT2D eigenvalue weighted by atomic mass is 79.9. The summed E-state index contributed by atoms with van der Waals surface area (Å²) >= 11 is 4.46. The lowest BCUT2D eigenvalue weighted by Crippen LogP contribution is -2.19. The van der Waals surface area contributed by atoms with Crippen molar-refractivity contribution in [2.24, 2.45) is 0 Å². The largest absolute Gasteiger partial charge is 0.462 e. The van der Waals surface area contributed by atoms with Crippen LogP contribution in [-0.2, 0) is 4.74 Å². The number of nitrogens with zero attached hydrogens (tertiary/aromatic N) is 1. The summed E-state index contributed by atoms with van der Waals surface area (Å²) in [6.45, 7) is 1.77. The van der Waals surface area contributed by atoms with Crippen molar-refractivity contribution in [3.8, 4) is 17.4 Å². The van der Waals surface area contributed by atoms with Crippen LogP contribution in [0.2, 0.25) is 0 Å². The van der Waals surface area contributed by atoms with Crippen molar-refractivity contribution >= 4 is 33.7 Å². The van der Waals surface area contributed by atoms with E-state index < -0.39 is 11.6 Å². The first-order chi connectivity index (χ1) is 11.0. The maximum absolute atomic E-state index is 12.2. The minimum absolute atomic E-state index is 0.127. The maximum atomic E-state index is 12.2. The van der Waals surface area contributed by atoms with Crippen LogP contribution in [-0.4, -0.2) is 18.8 Å². The van der Waals surface area contributed by atoms with Crippen molar-refractivity contribution in [2.75, 3.05) is 12.9 Å². The molecule has 0 spiro atoms. The van der Waals surface area contributed by atoms with E-state index in [1.165, 1.54) is 0 Å². The van der Waals surface area contributed by atoms with Crippen LogP contribution in [0.25, 0.3) is 11.3 Å². The highest BCUT2D eigenvalue weighted by molar-refractivity contribution is 9.10. The molecule has 7 heteroatoms. The zero-order chi connectivity index (χ0) is 17.0. The highest BCUT2D eigenvalue weighted by Gasteiger charge is 2.25. The monoisotopic (exact) mass is 393 g/mol. The fourth-order valence-corrected chi connectivity index (χ4v) is 2.98. The second kappa shape index (κ2) is 7.49. The van der Waals surface area contributed by atoms with E-state index in [4.69, 9.17) is 9.15 Å². The van der Waals surface area contributed by atoms with Crippen molar-refractivity contribution in [1.82, 2.24) is 0 Å². The number of hydrogen-bond donors (Lipinski definition) is 0. The fourth-order valence-electron chi connectivity index (χ4n) is 2.01. The number of carbonyl (C=O) groups is 1. The molecule has 0 fully saturated rings. The summed E-state index contributed by atoms with van der Waals surface area (Å²) in [5, 5.41) is 9.49. The molecule has 0 radical (unpaired) electrons. The third kappa shape index (κ3) is 3.49. The molecule has 0 unspecified atom stereocenters. The number of hydrogen-bond acceptors (Lipinski definition) is 6. The van der Waals surface area contributed by atoms with E-state index in [0.717, 1.165) is 16.2 Å². The molecule has 1 aromatic carbocycles. The van der Waals surface area contributed by atoms with Crippen LogP contribution in [0.1, 0.15) is 22.8 Å². The summed E-state index contributed by atoms with van der Waals surface area (Å²) in [4.78, 5) is 24.5. The Morgan fingerprint density at radius 1 is 1.39 bits per heavy atom. The van der Waals surface area contributed by atoms with Gasteiger partial charge >= 0.3 is 11.6 Å². The molecule has 118 valence electrons. The molecule has 0 N–H and O–H groups in total. The zero-order valence-corrected chi connectivity index (χ0v) is 14.8. The number of esters is 1. The van der Waals surface area contributed by atoms with Gasteiger partial charge in [0.1, 0.15) is 11.6 Å². The third-order valence-corrected chi connectivity index (χ3v) is 4.33. The van der Waals surface area contributed by atoms with Crippen LogP contribution in [0.4, 0.5) is 0 Å². The summed E-state index contributed by atoms with van der Waals surface area (Å²) < 4.78 is 11.0. The second-order valence-electron chi connectivity index (χ2n) is 4.34. The van der Waals surface area contributed by atoms with E-state index in [1.807, 2.05) is 6.07 Å². The van der Waals surface area contributed by atoms with Crippen LogP contribution in [0.3, 0.4) is 0 Å². The molecule has 23 heavy (non-hydrogen) atoms.